The van der Waals surface area contributed by atoms with Gasteiger partial charge in [-0.15, -0.1) is 0 Å². The van der Waals surface area contributed by atoms with Crippen LogP contribution >= 0.6 is 0 Å². The van der Waals surface area contributed by atoms with Gasteiger partial charge in [-0.05, 0) is 12.8 Å². The van der Waals surface area contributed by atoms with Crippen molar-refractivity contribution >= 4 is 17.6 Å². The third-order valence-corrected chi connectivity index (χ3v) is 3.16. The average Bonchev–Trinajstić information content (AvgIpc) is 2.46. The third kappa shape index (κ3) is 4.07. The first kappa shape index (κ1) is 16.2. The summed E-state index contributed by atoms with van der Waals surface area (Å²) in [6, 6.07) is 0. The number of hydrogen-bond donors (Lipinski definition) is 4. The molecule has 0 saturated carbocycles. The van der Waals surface area contributed by atoms with E-state index in [2.05, 4.69) is 10.5 Å². The number of nitrogens with zero attached hydrogens (tertiary/aromatic N) is 1. The van der Waals surface area contributed by atoms with Gasteiger partial charge < -0.3 is 31.5 Å². The molecule has 0 atom stereocenters. The summed E-state index contributed by atoms with van der Waals surface area (Å²) in [5, 5.41) is 14.4. The fraction of sp³-hybridized carbons (Fsp3) is 0.727. The Morgan fingerprint density at radius 3 is 2.55 bits per heavy atom. The van der Waals surface area contributed by atoms with Gasteiger partial charge in [-0.25, -0.2) is 0 Å². The van der Waals surface area contributed by atoms with E-state index in [9.17, 15) is 9.59 Å². The van der Waals surface area contributed by atoms with E-state index < -0.39 is 11.3 Å². The van der Waals surface area contributed by atoms with Crippen LogP contribution in [-0.2, 0) is 19.1 Å². The Hall–Kier alpha value is -1.87. The van der Waals surface area contributed by atoms with Crippen molar-refractivity contribution in [3.63, 3.8) is 0 Å². The molecule has 1 saturated heterocycles. The van der Waals surface area contributed by atoms with E-state index in [1.54, 1.807) is 0 Å². The van der Waals surface area contributed by atoms with Gasteiger partial charge in [-0.3, -0.25) is 9.59 Å². The van der Waals surface area contributed by atoms with E-state index in [0.717, 1.165) is 0 Å². The van der Waals surface area contributed by atoms with Crippen molar-refractivity contribution in [2.75, 3.05) is 33.0 Å². The SMILES string of the molecule is NC(=O)COCCNC(=O)C1(C(N)=NO)CCOCC1. The van der Waals surface area contributed by atoms with Crippen LogP contribution in [-0.4, -0.2) is 55.8 Å². The second-order valence-corrected chi connectivity index (χ2v) is 4.45. The van der Waals surface area contributed by atoms with Crippen molar-refractivity contribution in [1.29, 1.82) is 0 Å². The molecule has 9 nitrogen and oxygen atoms in total. The maximum absolute atomic E-state index is 12.2. The second kappa shape index (κ2) is 7.65. The smallest absolute Gasteiger partial charge is 0.243 e. The van der Waals surface area contributed by atoms with Crippen LogP contribution in [0.5, 0.6) is 0 Å². The minimum Gasteiger partial charge on any atom is -0.409 e. The lowest BCUT2D eigenvalue weighted by Crippen LogP contribution is -2.53. The van der Waals surface area contributed by atoms with Crippen LogP contribution in [0.3, 0.4) is 0 Å². The maximum Gasteiger partial charge on any atom is 0.243 e. The lowest BCUT2D eigenvalue weighted by Gasteiger charge is -2.34. The first-order valence-corrected chi connectivity index (χ1v) is 6.23. The van der Waals surface area contributed by atoms with E-state index in [0.29, 0.717) is 26.1 Å². The summed E-state index contributed by atoms with van der Waals surface area (Å²) < 4.78 is 10.1. The Kier molecular flexibility index (Phi) is 6.19. The number of oxime groups is 1. The molecular weight excluding hydrogens is 268 g/mol. The Morgan fingerprint density at radius 1 is 1.35 bits per heavy atom. The highest BCUT2D eigenvalue weighted by molar-refractivity contribution is 6.06. The molecule has 0 radical (unpaired) electrons. The highest BCUT2D eigenvalue weighted by Gasteiger charge is 2.44. The first-order valence-electron chi connectivity index (χ1n) is 6.23. The highest BCUT2D eigenvalue weighted by atomic mass is 16.5. The van der Waals surface area contributed by atoms with E-state index in [4.69, 9.17) is 26.1 Å². The van der Waals surface area contributed by atoms with Crippen molar-refractivity contribution in [2.45, 2.75) is 12.8 Å². The van der Waals surface area contributed by atoms with Crippen LogP contribution in [0.15, 0.2) is 5.16 Å². The first-order chi connectivity index (χ1) is 9.53. The molecule has 0 aliphatic carbocycles. The molecule has 6 N–H and O–H groups in total. The molecule has 0 unspecified atom stereocenters. The van der Waals surface area contributed by atoms with Crippen molar-refractivity contribution < 1.29 is 24.3 Å². The minimum atomic E-state index is -1.06. The number of amides is 2. The Bertz CT molecular complexity index is 379. The second-order valence-electron chi connectivity index (χ2n) is 4.45. The van der Waals surface area contributed by atoms with Crippen molar-refractivity contribution in [3.8, 4) is 0 Å². The largest absolute Gasteiger partial charge is 0.409 e. The van der Waals surface area contributed by atoms with Gasteiger partial charge in [0.2, 0.25) is 11.8 Å². The van der Waals surface area contributed by atoms with E-state index in [1.807, 2.05) is 0 Å². The fourth-order valence-corrected chi connectivity index (χ4v) is 1.99. The maximum atomic E-state index is 12.2. The van der Waals surface area contributed by atoms with Gasteiger partial charge in [0.15, 0.2) is 5.84 Å². The van der Waals surface area contributed by atoms with Crippen LogP contribution in [0.25, 0.3) is 0 Å². The molecule has 1 heterocycles. The van der Waals surface area contributed by atoms with E-state index in [1.165, 1.54) is 0 Å². The summed E-state index contributed by atoms with van der Waals surface area (Å²) in [6.07, 6.45) is 0.688. The molecule has 1 rings (SSSR count). The molecule has 0 aromatic rings. The predicted molar refractivity (Wildman–Crippen MR) is 68.9 cm³/mol. The minimum absolute atomic E-state index is 0.128. The number of rotatable bonds is 7. The number of nitrogens with one attached hydrogen (secondary N) is 1. The normalized spacial score (nSPS) is 18.5. The standard InChI is InChI=1S/C11H20N4O5/c12-8(16)7-20-6-3-14-10(17)11(9(13)15-18)1-4-19-5-2-11/h18H,1-7H2,(H2,12,16)(H2,13,15)(H,14,17). The lowest BCUT2D eigenvalue weighted by atomic mass is 9.78. The molecule has 1 aliphatic heterocycles. The summed E-state index contributed by atoms with van der Waals surface area (Å²) in [5.41, 5.74) is 9.49. The molecule has 9 heteroatoms. The molecule has 1 fully saturated rings. The molecule has 1 aliphatic rings. The van der Waals surface area contributed by atoms with Gasteiger partial charge in [0, 0.05) is 19.8 Å². The summed E-state index contributed by atoms with van der Waals surface area (Å²) >= 11 is 0. The summed E-state index contributed by atoms with van der Waals surface area (Å²) in [6.45, 7) is 0.879. The molecule has 20 heavy (non-hydrogen) atoms. The third-order valence-electron chi connectivity index (χ3n) is 3.16. The molecule has 0 aromatic carbocycles. The molecule has 0 spiro atoms. The Labute approximate surface area is 116 Å². The Morgan fingerprint density at radius 2 is 2.00 bits per heavy atom. The zero-order valence-corrected chi connectivity index (χ0v) is 11.1. The lowest BCUT2D eigenvalue weighted by molar-refractivity contribution is -0.131. The number of nitrogens with two attached hydrogens (primary N) is 2. The van der Waals surface area contributed by atoms with Gasteiger partial charge in [0.1, 0.15) is 12.0 Å². The molecular formula is C11H20N4O5. The van der Waals surface area contributed by atoms with Gasteiger partial charge >= 0.3 is 0 Å². The monoisotopic (exact) mass is 288 g/mol. The van der Waals surface area contributed by atoms with Crippen LogP contribution in [0.1, 0.15) is 12.8 Å². The van der Waals surface area contributed by atoms with Crippen LogP contribution in [0.2, 0.25) is 0 Å². The predicted octanol–water partition coefficient (Wildman–Crippen LogP) is -1.85. The van der Waals surface area contributed by atoms with Gasteiger partial charge in [0.25, 0.3) is 0 Å². The molecule has 114 valence electrons. The van der Waals surface area contributed by atoms with Crippen LogP contribution < -0.4 is 16.8 Å². The van der Waals surface area contributed by atoms with Crippen LogP contribution in [0, 0.1) is 5.41 Å². The quantitative estimate of drug-likeness (QED) is 0.142. The number of carbonyl (C=O) groups is 2. The highest BCUT2D eigenvalue weighted by Crippen LogP contribution is 2.31. The zero-order valence-electron chi connectivity index (χ0n) is 11.1. The summed E-state index contributed by atoms with van der Waals surface area (Å²) in [5.74, 6) is -1.05. The average molecular weight is 288 g/mol. The number of amidine groups is 1. The topological polar surface area (TPSA) is 149 Å². The summed E-state index contributed by atoms with van der Waals surface area (Å²) in [4.78, 5) is 22.7. The van der Waals surface area contributed by atoms with Gasteiger partial charge in [-0.2, -0.15) is 0 Å². The Balaban J connectivity index is 2.50. The molecule has 2 amide bonds. The van der Waals surface area contributed by atoms with Crippen LogP contribution in [0.4, 0.5) is 0 Å². The van der Waals surface area contributed by atoms with Crippen molar-refractivity contribution in [2.24, 2.45) is 22.0 Å². The number of ether oxygens (including phenoxy) is 2. The summed E-state index contributed by atoms with van der Waals surface area (Å²) in [7, 11) is 0. The van der Waals surface area contributed by atoms with Gasteiger partial charge in [-0.1, -0.05) is 5.16 Å². The van der Waals surface area contributed by atoms with Crippen molar-refractivity contribution in [1.82, 2.24) is 5.32 Å². The molecule has 0 bridgehead atoms. The number of carbonyl (C=O) groups excluding carboxylic acids is 2. The number of hydrogen-bond acceptors (Lipinski definition) is 6. The zero-order chi connectivity index (χ0) is 15.0. The van der Waals surface area contributed by atoms with Gasteiger partial charge in [0.05, 0.1) is 6.61 Å². The fourth-order valence-electron chi connectivity index (χ4n) is 1.99. The van der Waals surface area contributed by atoms with E-state index in [-0.39, 0.29) is 31.5 Å². The van der Waals surface area contributed by atoms with E-state index >= 15 is 0 Å². The van der Waals surface area contributed by atoms with Crippen molar-refractivity contribution in [3.05, 3.63) is 0 Å². The molecule has 0 aromatic heterocycles. The number of primary amides is 1.